The van der Waals surface area contributed by atoms with E-state index in [2.05, 4.69) is 31.3 Å². The fourth-order valence-electron chi connectivity index (χ4n) is 2.06. The van der Waals surface area contributed by atoms with Crippen molar-refractivity contribution in [3.8, 4) is 0 Å². The second-order valence-electron chi connectivity index (χ2n) is 4.93. The molecule has 0 aliphatic rings. The van der Waals surface area contributed by atoms with Gasteiger partial charge in [0.2, 0.25) is 0 Å². The van der Waals surface area contributed by atoms with Gasteiger partial charge in [0.05, 0.1) is 19.3 Å². The zero-order valence-electron chi connectivity index (χ0n) is 11.7. The van der Waals surface area contributed by atoms with Gasteiger partial charge in [0.1, 0.15) is 11.3 Å². The van der Waals surface area contributed by atoms with Crippen LogP contribution < -0.4 is 5.32 Å². The van der Waals surface area contributed by atoms with Gasteiger partial charge in [-0.1, -0.05) is 0 Å². The van der Waals surface area contributed by atoms with Crippen molar-refractivity contribution in [2.24, 2.45) is 0 Å². The predicted octanol–water partition coefficient (Wildman–Crippen LogP) is 2.15. The van der Waals surface area contributed by atoms with Crippen molar-refractivity contribution in [1.82, 2.24) is 5.32 Å². The van der Waals surface area contributed by atoms with Crippen molar-refractivity contribution < 1.29 is 14.3 Å². The first-order valence-electron chi connectivity index (χ1n) is 6.47. The van der Waals surface area contributed by atoms with Gasteiger partial charge >= 0.3 is 0 Å². The molecule has 1 aromatic carbocycles. The zero-order chi connectivity index (χ0) is 13.8. The number of aliphatic hydroxyl groups excluding tert-OH is 1. The maximum Gasteiger partial charge on any atom is 0.134 e. The summed E-state index contributed by atoms with van der Waals surface area (Å²) >= 11 is 0. The van der Waals surface area contributed by atoms with Crippen LogP contribution in [0.2, 0.25) is 0 Å². The Morgan fingerprint density at radius 1 is 1.26 bits per heavy atom. The molecule has 1 heterocycles. The average molecular weight is 263 g/mol. The molecule has 1 aromatic heterocycles. The van der Waals surface area contributed by atoms with Crippen LogP contribution in [0.25, 0.3) is 11.0 Å². The van der Waals surface area contributed by atoms with Crippen molar-refractivity contribution in [2.75, 3.05) is 20.3 Å². The van der Waals surface area contributed by atoms with Crippen LogP contribution in [0.15, 0.2) is 22.6 Å². The van der Waals surface area contributed by atoms with Gasteiger partial charge in [0.25, 0.3) is 0 Å². The van der Waals surface area contributed by atoms with Gasteiger partial charge in [-0.3, -0.25) is 0 Å². The summed E-state index contributed by atoms with van der Waals surface area (Å²) in [5, 5.41) is 13.8. The van der Waals surface area contributed by atoms with Crippen LogP contribution in [0.3, 0.4) is 0 Å². The van der Waals surface area contributed by atoms with E-state index in [-0.39, 0.29) is 0 Å². The molecule has 104 valence electrons. The van der Waals surface area contributed by atoms with E-state index in [0.29, 0.717) is 19.7 Å². The molecule has 0 amide bonds. The maximum atomic E-state index is 9.52. The quantitative estimate of drug-likeness (QED) is 0.838. The maximum absolute atomic E-state index is 9.52. The van der Waals surface area contributed by atoms with Gasteiger partial charge < -0.3 is 19.6 Å². The highest BCUT2D eigenvalue weighted by atomic mass is 16.5. The minimum absolute atomic E-state index is 0.339. The van der Waals surface area contributed by atoms with E-state index in [4.69, 9.17) is 9.15 Å². The van der Waals surface area contributed by atoms with E-state index in [9.17, 15) is 5.11 Å². The van der Waals surface area contributed by atoms with E-state index in [1.165, 1.54) is 11.1 Å². The van der Waals surface area contributed by atoms with Crippen molar-refractivity contribution in [3.63, 3.8) is 0 Å². The molecule has 2 aromatic rings. The summed E-state index contributed by atoms with van der Waals surface area (Å²) in [7, 11) is 1.58. The number of aliphatic hydroxyl groups is 1. The highest BCUT2D eigenvalue weighted by Gasteiger charge is 2.07. The predicted molar refractivity (Wildman–Crippen MR) is 75.3 cm³/mol. The Bertz CT molecular complexity index is 509. The second-order valence-corrected chi connectivity index (χ2v) is 4.93. The van der Waals surface area contributed by atoms with Gasteiger partial charge in [-0.15, -0.1) is 0 Å². The molecule has 0 fully saturated rings. The Morgan fingerprint density at radius 3 is 2.74 bits per heavy atom. The van der Waals surface area contributed by atoms with Crippen molar-refractivity contribution in [2.45, 2.75) is 26.5 Å². The first-order chi connectivity index (χ1) is 9.10. The van der Waals surface area contributed by atoms with E-state index >= 15 is 0 Å². The number of methoxy groups -OCH3 is 1. The minimum Gasteiger partial charge on any atom is -0.460 e. The third-order valence-corrected chi connectivity index (χ3v) is 3.22. The molecule has 0 aliphatic heterocycles. The molecule has 2 rings (SSSR count). The fourth-order valence-corrected chi connectivity index (χ4v) is 2.06. The number of rotatable bonds is 6. The van der Waals surface area contributed by atoms with E-state index in [1.54, 1.807) is 7.11 Å². The molecular weight excluding hydrogens is 242 g/mol. The highest BCUT2D eigenvalue weighted by Crippen LogP contribution is 2.23. The Labute approximate surface area is 113 Å². The summed E-state index contributed by atoms with van der Waals surface area (Å²) in [6, 6.07) is 6.24. The number of hydrogen-bond donors (Lipinski definition) is 2. The van der Waals surface area contributed by atoms with Gasteiger partial charge in [-0.05, 0) is 43.2 Å². The molecule has 0 saturated carbocycles. The normalized spacial score (nSPS) is 13.1. The highest BCUT2D eigenvalue weighted by molar-refractivity contribution is 5.79. The Morgan fingerprint density at radius 2 is 2.00 bits per heavy atom. The van der Waals surface area contributed by atoms with Crippen LogP contribution in [-0.2, 0) is 11.3 Å². The number of ether oxygens (including phenoxy) is 1. The summed E-state index contributed by atoms with van der Waals surface area (Å²) < 4.78 is 10.6. The molecular formula is C15H21NO3. The van der Waals surface area contributed by atoms with Crippen molar-refractivity contribution in [1.29, 1.82) is 0 Å². The monoisotopic (exact) mass is 263 g/mol. The standard InChI is InChI=1S/C15H21NO3/c1-10-4-12-6-14(19-15(12)5-11(10)2)8-16-7-13(17)9-18-3/h4-6,13,16-17H,7-9H2,1-3H3/t13-/m0/s1. The molecule has 0 spiro atoms. The number of hydrogen-bond acceptors (Lipinski definition) is 4. The summed E-state index contributed by atoms with van der Waals surface area (Å²) in [4.78, 5) is 0. The molecule has 0 aliphatic carbocycles. The van der Waals surface area contributed by atoms with Crippen LogP contribution in [-0.4, -0.2) is 31.5 Å². The number of aryl methyl sites for hydroxylation is 2. The lowest BCUT2D eigenvalue weighted by Crippen LogP contribution is -2.29. The number of furan rings is 1. The third kappa shape index (κ3) is 3.56. The van der Waals surface area contributed by atoms with Gasteiger partial charge in [0, 0.05) is 19.0 Å². The molecule has 2 N–H and O–H groups in total. The Balaban J connectivity index is 1.98. The third-order valence-electron chi connectivity index (χ3n) is 3.22. The molecule has 0 bridgehead atoms. The van der Waals surface area contributed by atoms with Crippen molar-refractivity contribution in [3.05, 3.63) is 35.1 Å². The van der Waals surface area contributed by atoms with Gasteiger partial charge in [0.15, 0.2) is 0 Å². The Kier molecular flexibility index (Phi) is 4.58. The smallest absolute Gasteiger partial charge is 0.134 e. The lowest BCUT2D eigenvalue weighted by atomic mass is 10.1. The van der Waals surface area contributed by atoms with Crippen LogP contribution in [0.4, 0.5) is 0 Å². The molecule has 0 unspecified atom stereocenters. The van der Waals surface area contributed by atoms with Crippen LogP contribution >= 0.6 is 0 Å². The molecule has 0 radical (unpaired) electrons. The van der Waals surface area contributed by atoms with Gasteiger partial charge in [-0.2, -0.15) is 0 Å². The first kappa shape index (κ1) is 14.1. The van der Waals surface area contributed by atoms with Crippen LogP contribution in [0.1, 0.15) is 16.9 Å². The van der Waals surface area contributed by atoms with E-state index in [0.717, 1.165) is 16.7 Å². The SMILES string of the molecule is COC[C@@H](O)CNCc1cc2cc(C)c(C)cc2o1. The molecule has 4 heteroatoms. The summed E-state index contributed by atoms with van der Waals surface area (Å²) in [5.41, 5.74) is 3.41. The number of fused-ring (bicyclic) bond motifs is 1. The van der Waals surface area contributed by atoms with Crippen LogP contribution in [0.5, 0.6) is 0 Å². The van der Waals surface area contributed by atoms with Crippen molar-refractivity contribution >= 4 is 11.0 Å². The number of benzene rings is 1. The molecule has 0 saturated heterocycles. The van der Waals surface area contributed by atoms with E-state index in [1.807, 2.05) is 6.07 Å². The second kappa shape index (κ2) is 6.19. The summed E-state index contributed by atoms with van der Waals surface area (Å²) in [6.07, 6.45) is -0.487. The largest absolute Gasteiger partial charge is 0.460 e. The van der Waals surface area contributed by atoms with E-state index < -0.39 is 6.10 Å². The minimum atomic E-state index is -0.487. The van der Waals surface area contributed by atoms with Gasteiger partial charge in [-0.25, -0.2) is 0 Å². The lowest BCUT2D eigenvalue weighted by Gasteiger charge is -2.09. The van der Waals surface area contributed by atoms with Crippen LogP contribution in [0, 0.1) is 13.8 Å². The molecule has 19 heavy (non-hydrogen) atoms. The molecule has 4 nitrogen and oxygen atoms in total. The summed E-state index contributed by atoms with van der Waals surface area (Å²) in [5.74, 6) is 0.879. The average Bonchev–Trinajstić information content (AvgIpc) is 2.72. The topological polar surface area (TPSA) is 54.6 Å². The first-order valence-corrected chi connectivity index (χ1v) is 6.47. The lowest BCUT2D eigenvalue weighted by molar-refractivity contribution is 0.0641. The zero-order valence-corrected chi connectivity index (χ0v) is 11.7. The Hall–Kier alpha value is -1.36. The summed E-state index contributed by atoms with van der Waals surface area (Å²) in [6.45, 7) is 5.61. The number of nitrogens with one attached hydrogen (secondary N) is 1. The molecule has 1 atom stereocenters. The fraction of sp³-hybridized carbons (Fsp3) is 0.467.